The smallest absolute Gasteiger partial charge is 0.462 e. The first kappa shape index (κ1) is 60.0. The molecule has 2 aliphatic rings. The SMILES string of the molecule is CCCCCCCC/C=C\C/C=C\C/C=C\CCCC(=O)OC[C@H](COP(=O)(O)O[C@H]1C(O)C(O)C(O)[C@@H](OP(=O)(O)O)C1O)OC(=O)CCCCCCC/C=C\CC1OC1CCCCC. The predicted octanol–water partition coefficient (Wildman–Crippen LogP) is 8.27. The zero-order valence-electron chi connectivity index (χ0n) is 39.3. The maximum absolute atomic E-state index is 13.0. The average Bonchev–Trinajstić information content (AvgIpc) is 4.03. The van der Waals surface area contributed by atoms with Crippen LogP contribution in [0.25, 0.3) is 0 Å². The monoisotopic (exact) mass is 981 g/mol. The molecular formula is C47H82O17P2. The molecule has 2 fully saturated rings. The molecule has 0 aromatic carbocycles. The molecule has 7 N–H and O–H groups in total. The fraction of sp³-hybridized carbons (Fsp3) is 0.787. The molecule has 0 aromatic rings. The van der Waals surface area contributed by atoms with Gasteiger partial charge in [0, 0.05) is 12.8 Å². The van der Waals surface area contributed by atoms with E-state index in [0.717, 1.165) is 64.2 Å². The summed E-state index contributed by atoms with van der Waals surface area (Å²) in [6.45, 7) is 3.01. The molecule has 382 valence electrons. The fourth-order valence-electron chi connectivity index (χ4n) is 7.40. The quantitative estimate of drug-likeness (QED) is 0.0100. The summed E-state index contributed by atoms with van der Waals surface area (Å²) in [6, 6.07) is 0. The van der Waals surface area contributed by atoms with Crippen LogP contribution in [0.4, 0.5) is 0 Å². The molecule has 0 aromatic heterocycles. The van der Waals surface area contributed by atoms with Crippen LogP contribution >= 0.6 is 15.6 Å². The lowest BCUT2D eigenvalue weighted by atomic mass is 9.85. The van der Waals surface area contributed by atoms with Crippen LogP contribution in [0.2, 0.25) is 0 Å². The Morgan fingerprint density at radius 2 is 1.08 bits per heavy atom. The highest BCUT2D eigenvalue weighted by Gasteiger charge is 2.54. The summed E-state index contributed by atoms with van der Waals surface area (Å²) in [4.78, 5) is 54.3. The molecule has 10 atom stereocenters. The second-order valence-electron chi connectivity index (χ2n) is 17.2. The number of phosphoric acid groups is 2. The third kappa shape index (κ3) is 28.4. The van der Waals surface area contributed by atoms with Crippen LogP contribution in [-0.2, 0) is 46.5 Å². The molecule has 1 heterocycles. The number of carbonyl (C=O) groups excluding carboxylic acids is 2. The van der Waals surface area contributed by atoms with Crippen molar-refractivity contribution >= 4 is 27.6 Å². The number of epoxide rings is 1. The van der Waals surface area contributed by atoms with Crippen molar-refractivity contribution in [1.82, 2.24) is 0 Å². The van der Waals surface area contributed by atoms with Crippen molar-refractivity contribution in [2.75, 3.05) is 13.2 Å². The molecule has 0 bridgehead atoms. The van der Waals surface area contributed by atoms with Gasteiger partial charge in [0.15, 0.2) is 6.10 Å². The number of phosphoric ester groups is 2. The Labute approximate surface area is 392 Å². The van der Waals surface area contributed by atoms with Gasteiger partial charge in [0.2, 0.25) is 0 Å². The summed E-state index contributed by atoms with van der Waals surface area (Å²) < 4.78 is 55.1. The number of ether oxygens (including phenoxy) is 3. The number of hydrogen-bond donors (Lipinski definition) is 7. The second-order valence-corrected chi connectivity index (χ2v) is 19.8. The minimum atomic E-state index is -5.37. The van der Waals surface area contributed by atoms with Gasteiger partial charge in [0.25, 0.3) is 0 Å². The first-order chi connectivity index (χ1) is 31.6. The van der Waals surface area contributed by atoms with Crippen molar-refractivity contribution < 1.29 is 81.6 Å². The van der Waals surface area contributed by atoms with Gasteiger partial charge in [-0.05, 0) is 70.6 Å². The molecule has 66 heavy (non-hydrogen) atoms. The van der Waals surface area contributed by atoms with Gasteiger partial charge in [0.1, 0.15) is 43.2 Å². The Balaban J connectivity index is 1.81. The Hall–Kier alpha value is -2.08. The molecule has 0 spiro atoms. The van der Waals surface area contributed by atoms with Gasteiger partial charge in [-0.25, -0.2) is 9.13 Å². The van der Waals surface area contributed by atoms with Crippen LogP contribution in [0.5, 0.6) is 0 Å². The molecule has 17 nitrogen and oxygen atoms in total. The highest BCUT2D eigenvalue weighted by atomic mass is 31.2. The summed E-state index contributed by atoms with van der Waals surface area (Å²) in [6.07, 6.45) is 25.3. The van der Waals surface area contributed by atoms with Crippen LogP contribution in [0.1, 0.15) is 168 Å². The average molecular weight is 981 g/mol. The van der Waals surface area contributed by atoms with E-state index in [9.17, 15) is 53.8 Å². The largest absolute Gasteiger partial charge is 0.472 e. The van der Waals surface area contributed by atoms with Gasteiger partial charge >= 0.3 is 27.6 Å². The van der Waals surface area contributed by atoms with E-state index in [1.54, 1.807) is 0 Å². The number of allylic oxidation sites excluding steroid dienone is 7. The molecule has 2 rings (SSSR count). The molecule has 1 aliphatic heterocycles. The molecule has 7 unspecified atom stereocenters. The van der Waals surface area contributed by atoms with Gasteiger partial charge < -0.3 is 49.3 Å². The highest BCUT2D eigenvalue weighted by Crippen LogP contribution is 2.49. The van der Waals surface area contributed by atoms with Crippen LogP contribution in [0.3, 0.4) is 0 Å². The van der Waals surface area contributed by atoms with Gasteiger partial charge in [0.05, 0.1) is 18.8 Å². The normalized spacial score (nSPS) is 25.0. The van der Waals surface area contributed by atoms with E-state index < -0.39 is 83.5 Å². The summed E-state index contributed by atoms with van der Waals surface area (Å²) in [5, 5.41) is 41.3. The van der Waals surface area contributed by atoms with Crippen molar-refractivity contribution in [2.24, 2.45) is 0 Å². The summed E-state index contributed by atoms with van der Waals surface area (Å²) in [5.41, 5.74) is 0. The number of aliphatic hydroxyl groups is 4. The van der Waals surface area contributed by atoms with E-state index in [1.165, 1.54) is 57.8 Å². The van der Waals surface area contributed by atoms with Crippen molar-refractivity contribution in [2.45, 2.75) is 223 Å². The topological polar surface area (TPSA) is 269 Å². The van der Waals surface area contributed by atoms with Crippen molar-refractivity contribution in [3.8, 4) is 0 Å². The van der Waals surface area contributed by atoms with Crippen LogP contribution in [-0.4, -0.2) is 115 Å². The molecule has 1 saturated carbocycles. The summed E-state index contributed by atoms with van der Waals surface area (Å²) in [7, 11) is -10.7. The van der Waals surface area contributed by atoms with E-state index in [-0.39, 0.29) is 12.8 Å². The number of unbranched alkanes of at least 4 members (excludes halogenated alkanes) is 14. The van der Waals surface area contributed by atoms with E-state index in [2.05, 4.69) is 54.8 Å². The molecule has 1 saturated heterocycles. The third-order valence-electron chi connectivity index (χ3n) is 11.3. The fourth-order valence-corrected chi connectivity index (χ4v) is 8.94. The summed E-state index contributed by atoms with van der Waals surface area (Å²) >= 11 is 0. The molecule has 1 aliphatic carbocycles. The number of carbonyl (C=O) groups is 2. The zero-order valence-corrected chi connectivity index (χ0v) is 41.1. The lowest BCUT2D eigenvalue weighted by Crippen LogP contribution is -2.64. The standard InChI is InChI=1S/C47H82O17P2/c1-3-5-7-8-9-10-11-12-13-14-15-16-17-18-22-25-29-33-40(48)59-35-37(36-60-66(57,58)64-47-44(52)42(50)43(51)46(45(47)53)63-65(54,55)56)61-41(49)34-30-26-23-20-19-21-24-28-32-39-38(62-39)31-27-6-4-2/h12-13,15-16,18,22,24,28,37-39,42-47,50-53H,3-11,14,17,19-21,23,25-27,29-36H2,1-2H3,(H,57,58)(H2,54,55,56)/b13-12-,16-15-,22-18-,28-24-/t37-,38?,39?,42?,43?,44?,45?,46-,47+/m1/s1. The van der Waals surface area contributed by atoms with Crippen molar-refractivity contribution in [3.63, 3.8) is 0 Å². The van der Waals surface area contributed by atoms with Crippen LogP contribution < -0.4 is 0 Å². The van der Waals surface area contributed by atoms with Crippen molar-refractivity contribution in [1.29, 1.82) is 0 Å². The Morgan fingerprint density at radius 1 is 0.561 bits per heavy atom. The van der Waals surface area contributed by atoms with E-state index >= 15 is 0 Å². The maximum Gasteiger partial charge on any atom is 0.472 e. The number of hydrogen-bond acceptors (Lipinski definition) is 14. The number of rotatable bonds is 39. The molecule has 19 heteroatoms. The van der Waals surface area contributed by atoms with Crippen LogP contribution in [0, 0.1) is 0 Å². The van der Waals surface area contributed by atoms with Gasteiger partial charge in [-0.3, -0.25) is 23.2 Å². The van der Waals surface area contributed by atoms with Gasteiger partial charge in [-0.2, -0.15) is 0 Å². The van der Waals surface area contributed by atoms with Crippen LogP contribution in [0.15, 0.2) is 48.6 Å². The second kappa shape index (κ2) is 35.1. The number of aliphatic hydroxyl groups excluding tert-OH is 4. The Kier molecular flexibility index (Phi) is 31.9. The lowest BCUT2D eigenvalue weighted by molar-refractivity contribution is -0.216. The molecule has 0 radical (unpaired) electrons. The first-order valence-corrected chi connectivity index (χ1v) is 27.3. The van der Waals surface area contributed by atoms with E-state index in [1.807, 2.05) is 12.2 Å². The van der Waals surface area contributed by atoms with E-state index in [0.29, 0.717) is 31.5 Å². The van der Waals surface area contributed by atoms with Gasteiger partial charge in [-0.15, -0.1) is 0 Å². The minimum absolute atomic E-state index is 0.0115. The first-order valence-electron chi connectivity index (χ1n) is 24.3. The predicted molar refractivity (Wildman–Crippen MR) is 250 cm³/mol. The highest BCUT2D eigenvalue weighted by molar-refractivity contribution is 7.47. The minimum Gasteiger partial charge on any atom is -0.462 e. The zero-order chi connectivity index (χ0) is 48.6. The lowest BCUT2D eigenvalue weighted by Gasteiger charge is -2.43. The Bertz CT molecular complexity index is 1530. The maximum atomic E-state index is 13.0. The van der Waals surface area contributed by atoms with E-state index in [4.69, 9.17) is 23.3 Å². The summed E-state index contributed by atoms with van der Waals surface area (Å²) in [5.74, 6) is -1.29. The van der Waals surface area contributed by atoms with Gasteiger partial charge in [-0.1, -0.05) is 133 Å². The Morgan fingerprint density at radius 3 is 1.70 bits per heavy atom. The third-order valence-corrected chi connectivity index (χ3v) is 12.8. The van der Waals surface area contributed by atoms with Crippen molar-refractivity contribution in [3.05, 3.63) is 48.6 Å². The molecule has 0 amide bonds. The number of esters is 2. The molecular weight excluding hydrogens is 898 g/mol.